The van der Waals surface area contributed by atoms with E-state index in [4.69, 9.17) is 28.4 Å². The summed E-state index contributed by atoms with van der Waals surface area (Å²) in [6.45, 7) is 11.1. The molecule has 0 unspecified atom stereocenters. The summed E-state index contributed by atoms with van der Waals surface area (Å²) in [5, 5.41) is 4.92. The highest BCUT2D eigenvalue weighted by molar-refractivity contribution is 7.97. The van der Waals surface area contributed by atoms with Crippen LogP contribution in [0.5, 0.6) is 17.2 Å². The van der Waals surface area contributed by atoms with Crippen LogP contribution in [-0.4, -0.2) is 49.8 Å². The summed E-state index contributed by atoms with van der Waals surface area (Å²) in [5.74, 6) is 0.920. The number of hydrogen-bond acceptors (Lipinski definition) is 8. The molecule has 8 nitrogen and oxygen atoms in total. The third-order valence-electron chi connectivity index (χ3n) is 8.41. The van der Waals surface area contributed by atoms with Gasteiger partial charge in [-0.05, 0) is 136 Å². The molecule has 0 radical (unpaired) electrons. The molecule has 56 heavy (non-hydrogen) atoms. The highest BCUT2D eigenvalue weighted by Crippen LogP contribution is 2.38. The van der Waals surface area contributed by atoms with Gasteiger partial charge in [-0.3, -0.25) is 0 Å². The number of rotatable bonds is 15. The second-order valence-electron chi connectivity index (χ2n) is 15.2. The minimum Gasteiger partial charge on any atom is -0.482 e. The van der Waals surface area contributed by atoms with Crippen molar-refractivity contribution in [3.8, 4) is 17.2 Å². The van der Waals surface area contributed by atoms with Crippen LogP contribution in [-0.2, 0) is 41.1 Å². The maximum absolute atomic E-state index is 12.3. The second kappa shape index (κ2) is 18.0. The molecule has 0 aliphatic heterocycles. The van der Waals surface area contributed by atoms with Crippen molar-refractivity contribution < 1.29 is 38.0 Å². The Balaban J connectivity index is 1.18. The first-order valence-corrected chi connectivity index (χ1v) is 19.9. The van der Waals surface area contributed by atoms with Crippen molar-refractivity contribution in [3.63, 3.8) is 0 Å². The summed E-state index contributed by atoms with van der Waals surface area (Å²) in [4.78, 5) is 27.5. The fourth-order valence-electron chi connectivity index (χ4n) is 6.18. The molecule has 0 saturated heterocycles. The van der Waals surface area contributed by atoms with Crippen LogP contribution in [0.15, 0.2) is 142 Å². The van der Waals surface area contributed by atoms with Gasteiger partial charge < -0.3 is 28.4 Å². The Bertz CT molecular complexity index is 2180. The van der Waals surface area contributed by atoms with Crippen molar-refractivity contribution in [1.29, 1.82) is 0 Å². The first kappa shape index (κ1) is 40.2. The highest BCUT2D eigenvalue weighted by Gasteiger charge is 2.32. The van der Waals surface area contributed by atoms with E-state index < -0.39 is 34.0 Å². The number of carbonyl (C=O) groups is 2. The molecule has 6 aromatic rings. The first-order chi connectivity index (χ1) is 26.8. The molecule has 0 spiro atoms. The van der Waals surface area contributed by atoms with Gasteiger partial charge in [0.1, 0.15) is 33.6 Å². The Morgan fingerprint density at radius 3 is 1.62 bits per heavy atom. The molecular formula is C47H49O8S+. The van der Waals surface area contributed by atoms with E-state index in [0.717, 1.165) is 21.1 Å². The molecule has 0 aliphatic carbocycles. The van der Waals surface area contributed by atoms with Crippen molar-refractivity contribution in [2.24, 2.45) is 0 Å². The van der Waals surface area contributed by atoms with Gasteiger partial charge in [-0.15, -0.1) is 0 Å². The van der Waals surface area contributed by atoms with Gasteiger partial charge in [-0.2, -0.15) is 0 Å². The van der Waals surface area contributed by atoms with Crippen molar-refractivity contribution >= 4 is 44.4 Å². The second-order valence-corrected chi connectivity index (χ2v) is 17.2. The SMILES string of the molecule is CC(C)(C)OC(=O)COc1ccc([S+](c2ccc(OCC(=O)OC(C)(C)C)cc2)c2ccccc2OCOCCc2cc3ccccc3c3ccccc23)cc1. The Labute approximate surface area is 332 Å². The molecule has 9 heteroatoms. The van der Waals surface area contributed by atoms with Gasteiger partial charge in [-0.1, -0.05) is 66.7 Å². The van der Waals surface area contributed by atoms with Crippen LogP contribution < -0.4 is 14.2 Å². The number of ether oxygens (including phenoxy) is 6. The zero-order chi connectivity index (χ0) is 39.7. The van der Waals surface area contributed by atoms with E-state index in [0.29, 0.717) is 23.9 Å². The predicted molar refractivity (Wildman–Crippen MR) is 221 cm³/mol. The Morgan fingerprint density at radius 1 is 0.554 bits per heavy atom. The third kappa shape index (κ3) is 11.0. The lowest BCUT2D eigenvalue weighted by atomic mass is 9.96. The lowest BCUT2D eigenvalue weighted by molar-refractivity contribution is -0.158. The quantitative estimate of drug-likeness (QED) is 0.0335. The van der Waals surface area contributed by atoms with E-state index in [1.54, 1.807) is 0 Å². The lowest BCUT2D eigenvalue weighted by Crippen LogP contribution is -2.27. The summed E-state index contributed by atoms with van der Waals surface area (Å²) in [6.07, 6.45) is 0.741. The summed E-state index contributed by atoms with van der Waals surface area (Å²) in [5.41, 5.74) is 0.0432. The molecule has 0 amide bonds. The van der Waals surface area contributed by atoms with E-state index in [2.05, 4.69) is 60.7 Å². The normalized spacial score (nSPS) is 11.8. The van der Waals surface area contributed by atoms with Gasteiger partial charge >= 0.3 is 11.9 Å². The van der Waals surface area contributed by atoms with E-state index in [1.165, 1.54) is 27.1 Å². The van der Waals surface area contributed by atoms with E-state index in [9.17, 15) is 9.59 Å². The van der Waals surface area contributed by atoms with Crippen LogP contribution in [0.25, 0.3) is 21.5 Å². The van der Waals surface area contributed by atoms with Crippen molar-refractivity contribution in [2.45, 2.75) is 73.9 Å². The number of carbonyl (C=O) groups excluding carboxylic acids is 2. The molecule has 0 N–H and O–H groups in total. The van der Waals surface area contributed by atoms with Crippen LogP contribution in [0.1, 0.15) is 47.1 Å². The molecule has 0 heterocycles. The minimum atomic E-state index is -0.636. The molecule has 0 atom stereocenters. The maximum Gasteiger partial charge on any atom is 0.344 e. The predicted octanol–water partition coefficient (Wildman–Crippen LogP) is 10.1. The average Bonchev–Trinajstić information content (AvgIpc) is 3.16. The maximum atomic E-state index is 12.3. The van der Waals surface area contributed by atoms with Crippen LogP contribution in [0.2, 0.25) is 0 Å². The first-order valence-electron chi connectivity index (χ1n) is 18.7. The number of benzene rings is 6. The van der Waals surface area contributed by atoms with Gasteiger partial charge in [0.05, 0.1) is 6.61 Å². The Hall–Kier alpha value is -5.51. The lowest BCUT2D eigenvalue weighted by Gasteiger charge is -2.19. The van der Waals surface area contributed by atoms with E-state index >= 15 is 0 Å². The topological polar surface area (TPSA) is 89.5 Å². The Kier molecular flexibility index (Phi) is 12.9. The molecule has 0 bridgehead atoms. The minimum absolute atomic E-state index is 0.0780. The fourth-order valence-corrected chi connectivity index (χ4v) is 8.32. The summed E-state index contributed by atoms with van der Waals surface area (Å²) in [6, 6.07) is 42.5. The number of esters is 2. The van der Waals surface area contributed by atoms with Crippen LogP contribution in [0, 0.1) is 0 Å². The molecule has 0 saturated carbocycles. The summed E-state index contributed by atoms with van der Waals surface area (Å²) >= 11 is 0. The standard InChI is InChI=1S/C47H49O8S/c1-46(2,3)54-44(48)30-51-35-19-23-37(24-20-35)56(38-25-21-36(22-26-38)52-31-45(49)55-47(4,5)6)43-18-12-11-17-42(43)53-32-50-28-27-34-29-33-13-7-8-14-39(33)41-16-10-9-15-40(34)41/h7-26,29H,27-28,30-32H2,1-6H3/q+1. The van der Waals surface area contributed by atoms with Crippen LogP contribution in [0.3, 0.4) is 0 Å². The number of fused-ring (bicyclic) bond motifs is 3. The molecule has 6 aromatic carbocycles. The summed E-state index contributed by atoms with van der Waals surface area (Å²) < 4.78 is 34.8. The fraction of sp³-hybridized carbons (Fsp3) is 0.277. The molecule has 0 aromatic heterocycles. The molecule has 290 valence electrons. The molecule has 0 fully saturated rings. The van der Waals surface area contributed by atoms with Crippen molar-refractivity contribution in [2.75, 3.05) is 26.6 Å². The van der Waals surface area contributed by atoms with E-state index in [1.807, 2.05) is 108 Å². The zero-order valence-corrected chi connectivity index (χ0v) is 33.7. The van der Waals surface area contributed by atoms with Gasteiger partial charge in [-0.25, -0.2) is 9.59 Å². The van der Waals surface area contributed by atoms with Gasteiger partial charge in [0.15, 0.2) is 35.5 Å². The van der Waals surface area contributed by atoms with Crippen LogP contribution >= 0.6 is 0 Å². The zero-order valence-electron chi connectivity index (χ0n) is 32.8. The highest BCUT2D eigenvalue weighted by atomic mass is 32.2. The van der Waals surface area contributed by atoms with Gasteiger partial charge in [0, 0.05) is 0 Å². The van der Waals surface area contributed by atoms with E-state index in [-0.39, 0.29) is 20.0 Å². The third-order valence-corrected chi connectivity index (χ3v) is 10.7. The molecule has 0 aliphatic rings. The monoisotopic (exact) mass is 773 g/mol. The van der Waals surface area contributed by atoms with Crippen LogP contribution in [0.4, 0.5) is 0 Å². The summed E-state index contributed by atoms with van der Waals surface area (Å²) in [7, 11) is -0.636. The Morgan fingerprint density at radius 2 is 1.05 bits per heavy atom. The molecular weight excluding hydrogens is 725 g/mol. The molecule has 6 rings (SSSR count). The smallest absolute Gasteiger partial charge is 0.344 e. The largest absolute Gasteiger partial charge is 0.482 e. The van der Waals surface area contributed by atoms with Crippen molar-refractivity contribution in [3.05, 3.63) is 133 Å². The van der Waals surface area contributed by atoms with Gasteiger partial charge in [0.25, 0.3) is 0 Å². The van der Waals surface area contributed by atoms with Crippen molar-refractivity contribution in [1.82, 2.24) is 0 Å². The number of hydrogen-bond donors (Lipinski definition) is 0. The average molecular weight is 774 g/mol. The van der Waals surface area contributed by atoms with Gasteiger partial charge in [0.2, 0.25) is 4.90 Å². The number of para-hydroxylation sites is 1.